The smallest absolute Gasteiger partial charge is 0.308 e. The summed E-state index contributed by atoms with van der Waals surface area (Å²) in [6.45, 7) is 12.5. The zero-order valence-corrected chi connectivity index (χ0v) is 16.4. The summed E-state index contributed by atoms with van der Waals surface area (Å²) in [5, 5.41) is 0. The third-order valence-corrected chi connectivity index (χ3v) is 6.56. The molecule has 3 rings (SSSR count). The minimum Gasteiger partial charge on any atom is -0.426 e. The van der Waals surface area contributed by atoms with Crippen LogP contribution in [-0.4, -0.2) is 11.8 Å². The summed E-state index contributed by atoms with van der Waals surface area (Å²) in [4.78, 5) is 24.6. The lowest BCUT2D eigenvalue weighted by Gasteiger charge is -2.54. The van der Waals surface area contributed by atoms with Gasteiger partial charge < -0.3 is 4.74 Å². The molecule has 0 saturated heterocycles. The van der Waals surface area contributed by atoms with Crippen molar-refractivity contribution >= 4 is 11.8 Å². The van der Waals surface area contributed by atoms with Crippen molar-refractivity contribution in [1.29, 1.82) is 0 Å². The molecule has 0 aromatic heterocycles. The molecular formula is C22H30O3. The van der Waals surface area contributed by atoms with Crippen LogP contribution >= 0.6 is 0 Å². The number of rotatable bonds is 2. The summed E-state index contributed by atoms with van der Waals surface area (Å²) in [6, 6.07) is 3.99. The molecule has 2 aliphatic carbocycles. The molecule has 1 aromatic rings. The fraction of sp³-hybridized carbons (Fsp3) is 0.636. The van der Waals surface area contributed by atoms with E-state index in [9.17, 15) is 9.59 Å². The largest absolute Gasteiger partial charge is 0.426 e. The van der Waals surface area contributed by atoms with Gasteiger partial charge in [-0.05, 0) is 58.8 Å². The number of benzene rings is 1. The Balaban J connectivity index is 2.21. The topological polar surface area (TPSA) is 43.4 Å². The number of Topliss-reactive ketones (excluding diaryl/α,β-unsaturated/α-hetero) is 1. The number of esters is 1. The zero-order chi connectivity index (χ0) is 18.6. The van der Waals surface area contributed by atoms with E-state index in [-0.39, 0.29) is 28.5 Å². The lowest BCUT2D eigenvalue weighted by molar-refractivity contribution is -0.131. The average molecular weight is 342 g/mol. The Hall–Kier alpha value is -1.64. The first-order valence-electron chi connectivity index (χ1n) is 9.46. The standard InChI is InChI=1S/C22H30O3/c1-13(2)15-10-16-17(11-19(15)25-14(3)23)22(6)9-7-8-21(4,5)20(22)12-18(16)24/h10-11,13,20H,7-9,12H2,1-6H3. The van der Waals surface area contributed by atoms with Crippen molar-refractivity contribution in [3.63, 3.8) is 0 Å². The molecule has 1 fully saturated rings. The first-order valence-corrected chi connectivity index (χ1v) is 9.46. The van der Waals surface area contributed by atoms with Crippen molar-refractivity contribution in [2.75, 3.05) is 0 Å². The molecule has 25 heavy (non-hydrogen) atoms. The zero-order valence-electron chi connectivity index (χ0n) is 16.4. The molecule has 1 aromatic carbocycles. The number of carbonyl (C=O) groups excluding carboxylic acids is 2. The van der Waals surface area contributed by atoms with Gasteiger partial charge in [0.2, 0.25) is 0 Å². The molecule has 0 radical (unpaired) electrons. The molecule has 136 valence electrons. The number of fused-ring (bicyclic) bond motifs is 3. The van der Waals surface area contributed by atoms with Crippen molar-refractivity contribution in [1.82, 2.24) is 0 Å². The van der Waals surface area contributed by atoms with Crippen molar-refractivity contribution < 1.29 is 14.3 Å². The normalized spacial score (nSPS) is 27.6. The molecule has 3 nitrogen and oxygen atoms in total. The van der Waals surface area contributed by atoms with Crippen LogP contribution in [0.1, 0.15) is 94.6 Å². The van der Waals surface area contributed by atoms with E-state index < -0.39 is 0 Å². The van der Waals surface area contributed by atoms with E-state index in [2.05, 4.69) is 34.6 Å². The molecule has 0 aliphatic heterocycles. The molecule has 0 heterocycles. The second-order valence-electron chi connectivity index (χ2n) is 9.12. The molecule has 0 N–H and O–H groups in total. The second kappa shape index (κ2) is 5.96. The molecule has 0 bridgehead atoms. The van der Waals surface area contributed by atoms with Gasteiger partial charge in [0.1, 0.15) is 5.75 Å². The Morgan fingerprint density at radius 2 is 1.88 bits per heavy atom. The number of hydrogen-bond donors (Lipinski definition) is 0. The van der Waals surface area contributed by atoms with E-state index >= 15 is 0 Å². The number of carbonyl (C=O) groups is 2. The van der Waals surface area contributed by atoms with Crippen molar-refractivity contribution in [3.8, 4) is 5.75 Å². The van der Waals surface area contributed by atoms with Crippen molar-refractivity contribution in [3.05, 3.63) is 28.8 Å². The quantitative estimate of drug-likeness (QED) is 0.533. The lowest BCUT2D eigenvalue weighted by atomic mass is 9.50. The van der Waals surface area contributed by atoms with E-state index in [0.717, 1.165) is 29.5 Å². The molecule has 0 amide bonds. The van der Waals surface area contributed by atoms with E-state index in [1.54, 1.807) is 0 Å². The Labute approximate surface area is 151 Å². The average Bonchev–Trinajstić information content (AvgIpc) is 2.48. The van der Waals surface area contributed by atoms with Crippen LogP contribution < -0.4 is 4.74 Å². The summed E-state index contributed by atoms with van der Waals surface area (Å²) < 4.78 is 5.53. The number of ketones is 1. The van der Waals surface area contributed by atoms with Crippen LogP contribution in [0.3, 0.4) is 0 Å². The summed E-state index contributed by atoms with van der Waals surface area (Å²) in [5.74, 6) is 1.09. The SMILES string of the molecule is CC(=O)Oc1cc2c(cc1C(C)C)C(=O)CC1C(C)(C)CCCC21C. The maximum atomic E-state index is 13.0. The highest BCUT2D eigenvalue weighted by molar-refractivity contribution is 6.00. The van der Waals surface area contributed by atoms with E-state index in [1.807, 2.05) is 12.1 Å². The van der Waals surface area contributed by atoms with Gasteiger partial charge in [-0.1, -0.05) is 41.0 Å². The molecule has 0 spiro atoms. The fourth-order valence-electron chi connectivity index (χ4n) is 5.24. The van der Waals surface area contributed by atoms with Gasteiger partial charge in [-0.3, -0.25) is 9.59 Å². The Morgan fingerprint density at radius 1 is 1.20 bits per heavy atom. The number of ether oxygens (including phenoxy) is 1. The van der Waals surface area contributed by atoms with Gasteiger partial charge in [-0.25, -0.2) is 0 Å². The third-order valence-electron chi connectivity index (χ3n) is 6.56. The van der Waals surface area contributed by atoms with Crippen LogP contribution in [0.5, 0.6) is 5.75 Å². The first kappa shape index (κ1) is 18.2. The summed E-state index contributed by atoms with van der Waals surface area (Å²) in [7, 11) is 0. The van der Waals surface area contributed by atoms with Gasteiger partial charge in [0.15, 0.2) is 5.78 Å². The van der Waals surface area contributed by atoms with Crippen molar-refractivity contribution in [2.24, 2.45) is 11.3 Å². The van der Waals surface area contributed by atoms with Gasteiger partial charge in [0, 0.05) is 18.9 Å². The van der Waals surface area contributed by atoms with Crippen molar-refractivity contribution in [2.45, 2.75) is 78.6 Å². The third kappa shape index (κ3) is 2.92. The monoisotopic (exact) mass is 342 g/mol. The molecule has 2 aliphatic rings. The Morgan fingerprint density at radius 3 is 2.48 bits per heavy atom. The summed E-state index contributed by atoms with van der Waals surface area (Å²) in [6.07, 6.45) is 4.04. The van der Waals surface area contributed by atoms with Gasteiger partial charge in [-0.2, -0.15) is 0 Å². The predicted molar refractivity (Wildman–Crippen MR) is 99.3 cm³/mol. The van der Waals surface area contributed by atoms with Crippen LogP contribution in [0.15, 0.2) is 12.1 Å². The molecule has 3 heteroatoms. The highest BCUT2D eigenvalue weighted by atomic mass is 16.5. The number of hydrogen-bond acceptors (Lipinski definition) is 3. The second-order valence-corrected chi connectivity index (χ2v) is 9.12. The van der Waals surface area contributed by atoms with Crippen LogP contribution in [0.4, 0.5) is 0 Å². The summed E-state index contributed by atoms with van der Waals surface area (Å²) >= 11 is 0. The van der Waals surface area contributed by atoms with E-state index in [4.69, 9.17) is 4.74 Å². The Kier molecular flexibility index (Phi) is 4.33. The van der Waals surface area contributed by atoms with E-state index in [0.29, 0.717) is 18.1 Å². The van der Waals surface area contributed by atoms with Crippen LogP contribution in [0.25, 0.3) is 0 Å². The van der Waals surface area contributed by atoms with Gasteiger partial charge >= 0.3 is 5.97 Å². The molecular weight excluding hydrogens is 312 g/mol. The maximum absolute atomic E-state index is 13.0. The van der Waals surface area contributed by atoms with Gasteiger partial charge in [0.25, 0.3) is 0 Å². The van der Waals surface area contributed by atoms with Crippen LogP contribution in [0, 0.1) is 11.3 Å². The summed E-state index contributed by atoms with van der Waals surface area (Å²) in [5.41, 5.74) is 2.99. The molecule has 2 atom stereocenters. The van der Waals surface area contributed by atoms with Crippen LogP contribution in [0.2, 0.25) is 0 Å². The highest BCUT2D eigenvalue weighted by Gasteiger charge is 2.52. The fourth-order valence-corrected chi connectivity index (χ4v) is 5.24. The minimum absolute atomic E-state index is 0.0323. The lowest BCUT2D eigenvalue weighted by Crippen LogP contribution is -2.49. The first-order chi connectivity index (χ1) is 11.6. The maximum Gasteiger partial charge on any atom is 0.308 e. The van der Waals surface area contributed by atoms with Crippen LogP contribution in [-0.2, 0) is 10.2 Å². The van der Waals surface area contributed by atoms with Gasteiger partial charge in [-0.15, -0.1) is 0 Å². The van der Waals surface area contributed by atoms with E-state index in [1.165, 1.54) is 13.3 Å². The van der Waals surface area contributed by atoms with Gasteiger partial charge in [0.05, 0.1) is 0 Å². The minimum atomic E-state index is -0.310. The molecule has 2 unspecified atom stereocenters. The highest BCUT2D eigenvalue weighted by Crippen LogP contribution is 2.57. The Bertz CT molecular complexity index is 729. The molecule has 1 saturated carbocycles. The predicted octanol–water partition coefficient (Wildman–Crippen LogP) is 5.41.